The summed E-state index contributed by atoms with van der Waals surface area (Å²) in [4.78, 5) is 2.62. The first-order valence-electron chi connectivity index (χ1n) is 8.71. The van der Waals surface area contributed by atoms with E-state index in [-0.39, 0.29) is 0 Å². The van der Waals surface area contributed by atoms with Crippen LogP contribution in [0.3, 0.4) is 0 Å². The minimum Gasteiger partial charge on any atom is -0.305 e. The summed E-state index contributed by atoms with van der Waals surface area (Å²) in [5, 5.41) is 3.51. The van der Waals surface area contributed by atoms with Gasteiger partial charge in [0.2, 0.25) is 0 Å². The van der Waals surface area contributed by atoms with Gasteiger partial charge in [-0.3, -0.25) is 4.90 Å². The standard InChI is InChI=1S/C17H38N2/c1-5-8-9-10-11-12-13-14-17(18-4)19(15-6-2)16-7-3/h17-18H,5-16H2,1-4H3. The van der Waals surface area contributed by atoms with Crippen molar-refractivity contribution >= 4 is 0 Å². The molecular weight excluding hydrogens is 232 g/mol. The van der Waals surface area contributed by atoms with Gasteiger partial charge in [0.1, 0.15) is 0 Å². The van der Waals surface area contributed by atoms with Crippen LogP contribution in [0.25, 0.3) is 0 Å². The third kappa shape index (κ3) is 10.4. The van der Waals surface area contributed by atoms with Crippen LogP contribution in [0.15, 0.2) is 0 Å². The van der Waals surface area contributed by atoms with Crippen molar-refractivity contribution in [3.05, 3.63) is 0 Å². The number of nitrogens with zero attached hydrogens (tertiary/aromatic N) is 1. The molecule has 1 N–H and O–H groups in total. The van der Waals surface area contributed by atoms with Crippen LogP contribution in [0.2, 0.25) is 0 Å². The third-order valence-electron chi connectivity index (χ3n) is 3.88. The van der Waals surface area contributed by atoms with Crippen LogP contribution in [-0.2, 0) is 0 Å². The molecule has 116 valence electrons. The molecule has 0 spiro atoms. The normalized spacial score (nSPS) is 13.1. The molecule has 1 unspecified atom stereocenters. The second-order valence-electron chi connectivity index (χ2n) is 5.75. The lowest BCUT2D eigenvalue weighted by Crippen LogP contribution is -2.44. The SMILES string of the molecule is CCCCCCCCCC(NC)N(CCC)CCC. The second-order valence-corrected chi connectivity index (χ2v) is 5.75. The minimum absolute atomic E-state index is 0.593. The summed E-state index contributed by atoms with van der Waals surface area (Å²) in [7, 11) is 2.12. The fraction of sp³-hybridized carbons (Fsp3) is 1.00. The quantitative estimate of drug-likeness (QED) is 0.360. The van der Waals surface area contributed by atoms with E-state index < -0.39 is 0 Å². The lowest BCUT2D eigenvalue weighted by atomic mass is 10.1. The molecule has 2 heteroatoms. The Morgan fingerprint density at radius 1 is 0.737 bits per heavy atom. The Morgan fingerprint density at radius 3 is 1.74 bits per heavy atom. The van der Waals surface area contributed by atoms with Crippen molar-refractivity contribution in [1.29, 1.82) is 0 Å². The summed E-state index contributed by atoms with van der Waals surface area (Å²) in [6.07, 6.45) is 14.3. The van der Waals surface area contributed by atoms with Crippen molar-refractivity contribution in [2.45, 2.75) is 91.1 Å². The number of hydrogen-bond donors (Lipinski definition) is 1. The highest BCUT2D eigenvalue weighted by Crippen LogP contribution is 2.12. The van der Waals surface area contributed by atoms with E-state index >= 15 is 0 Å². The maximum atomic E-state index is 3.51. The van der Waals surface area contributed by atoms with E-state index in [9.17, 15) is 0 Å². The highest BCUT2D eigenvalue weighted by atomic mass is 15.3. The molecule has 0 fully saturated rings. The topological polar surface area (TPSA) is 15.3 Å². The fourth-order valence-electron chi connectivity index (χ4n) is 2.80. The van der Waals surface area contributed by atoms with E-state index in [1.807, 2.05) is 0 Å². The second kappa shape index (κ2) is 14.3. The van der Waals surface area contributed by atoms with E-state index in [0.29, 0.717) is 6.17 Å². The van der Waals surface area contributed by atoms with Crippen molar-refractivity contribution in [3.8, 4) is 0 Å². The fourth-order valence-corrected chi connectivity index (χ4v) is 2.80. The Bertz CT molecular complexity index is 165. The molecule has 0 aromatic rings. The van der Waals surface area contributed by atoms with Crippen molar-refractivity contribution in [3.63, 3.8) is 0 Å². The first-order chi connectivity index (χ1) is 9.29. The Morgan fingerprint density at radius 2 is 1.26 bits per heavy atom. The molecule has 1 atom stereocenters. The van der Waals surface area contributed by atoms with E-state index in [2.05, 4.69) is 38.0 Å². The molecule has 0 saturated carbocycles. The van der Waals surface area contributed by atoms with Crippen LogP contribution in [0.1, 0.15) is 85.0 Å². The third-order valence-corrected chi connectivity index (χ3v) is 3.88. The molecule has 0 aromatic carbocycles. The van der Waals surface area contributed by atoms with E-state index in [1.165, 1.54) is 77.3 Å². The summed E-state index contributed by atoms with van der Waals surface area (Å²) >= 11 is 0. The Kier molecular flexibility index (Phi) is 14.3. The van der Waals surface area contributed by atoms with Crippen LogP contribution < -0.4 is 5.32 Å². The van der Waals surface area contributed by atoms with Crippen LogP contribution in [0, 0.1) is 0 Å². The van der Waals surface area contributed by atoms with Gasteiger partial charge in [0.25, 0.3) is 0 Å². The predicted octanol–water partition coefficient (Wildman–Crippen LogP) is 4.79. The maximum absolute atomic E-state index is 3.51. The van der Waals surface area contributed by atoms with E-state index in [4.69, 9.17) is 0 Å². The van der Waals surface area contributed by atoms with Gasteiger partial charge in [-0.25, -0.2) is 0 Å². The lowest BCUT2D eigenvalue weighted by molar-refractivity contribution is 0.160. The van der Waals surface area contributed by atoms with Crippen molar-refractivity contribution in [2.75, 3.05) is 20.1 Å². The summed E-state index contributed by atoms with van der Waals surface area (Å²) in [5.41, 5.74) is 0. The smallest absolute Gasteiger partial charge is 0.0594 e. The zero-order valence-electron chi connectivity index (χ0n) is 14.0. The highest BCUT2D eigenvalue weighted by Gasteiger charge is 2.14. The molecule has 0 radical (unpaired) electrons. The number of hydrogen-bond acceptors (Lipinski definition) is 2. The molecule has 0 amide bonds. The Labute approximate surface area is 122 Å². The monoisotopic (exact) mass is 270 g/mol. The van der Waals surface area contributed by atoms with Gasteiger partial charge in [-0.2, -0.15) is 0 Å². The number of unbranched alkanes of at least 4 members (excludes halogenated alkanes) is 6. The van der Waals surface area contributed by atoms with Crippen molar-refractivity contribution < 1.29 is 0 Å². The van der Waals surface area contributed by atoms with Gasteiger partial charge in [-0.05, 0) is 39.4 Å². The molecule has 0 heterocycles. The Balaban J connectivity index is 3.71. The molecule has 0 aliphatic heterocycles. The van der Waals surface area contributed by atoms with Crippen LogP contribution >= 0.6 is 0 Å². The Hall–Kier alpha value is -0.0800. The number of rotatable bonds is 14. The van der Waals surface area contributed by atoms with Crippen molar-refractivity contribution in [2.24, 2.45) is 0 Å². The molecule has 0 aromatic heterocycles. The van der Waals surface area contributed by atoms with Crippen molar-refractivity contribution in [1.82, 2.24) is 10.2 Å². The molecule has 0 aliphatic carbocycles. The lowest BCUT2D eigenvalue weighted by Gasteiger charge is -2.31. The van der Waals surface area contributed by atoms with Gasteiger partial charge in [-0.15, -0.1) is 0 Å². The molecule has 0 aliphatic rings. The van der Waals surface area contributed by atoms with Gasteiger partial charge >= 0.3 is 0 Å². The van der Waals surface area contributed by atoms with Crippen LogP contribution in [0.4, 0.5) is 0 Å². The summed E-state index contributed by atoms with van der Waals surface area (Å²) in [6, 6.07) is 0. The van der Waals surface area contributed by atoms with Gasteiger partial charge in [0.15, 0.2) is 0 Å². The van der Waals surface area contributed by atoms with Gasteiger partial charge in [0, 0.05) is 0 Å². The summed E-state index contributed by atoms with van der Waals surface area (Å²) in [5.74, 6) is 0. The molecule has 19 heavy (non-hydrogen) atoms. The first kappa shape index (κ1) is 18.9. The summed E-state index contributed by atoms with van der Waals surface area (Å²) < 4.78 is 0. The average Bonchev–Trinajstić information content (AvgIpc) is 2.42. The maximum Gasteiger partial charge on any atom is 0.0594 e. The molecule has 0 saturated heterocycles. The minimum atomic E-state index is 0.593. The molecule has 0 rings (SSSR count). The highest BCUT2D eigenvalue weighted by molar-refractivity contribution is 4.68. The van der Waals surface area contributed by atoms with E-state index in [0.717, 1.165) is 0 Å². The average molecular weight is 271 g/mol. The van der Waals surface area contributed by atoms with Crippen LogP contribution in [-0.4, -0.2) is 31.2 Å². The molecular formula is C17H38N2. The molecule has 0 bridgehead atoms. The van der Waals surface area contributed by atoms with Gasteiger partial charge in [0.05, 0.1) is 6.17 Å². The predicted molar refractivity (Wildman–Crippen MR) is 87.6 cm³/mol. The van der Waals surface area contributed by atoms with Gasteiger partial charge < -0.3 is 5.32 Å². The van der Waals surface area contributed by atoms with Gasteiger partial charge in [-0.1, -0.05) is 65.7 Å². The zero-order valence-corrected chi connectivity index (χ0v) is 14.0. The largest absolute Gasteiger partial charge is 0.305 e. The van der Waals surface area contributed by atoms with Crippen LogP contribution in [0.5, 0.6) is 0 Å². The first-order valence-corrected chi connectivity index (χ1v) is 8.71. The zero-order chi connectivity index (χ0) is 14.3. The molecule has 2 nitrogen and oxygen atoms in total. The number of nitrogens with one attached hydrogen (secondary N) is 1. The van der Waals surface area contributed by atoms with E-state index in [1.54, 1.807) is 0 Å². The summed E-state index contributed by atoms with van der Waals surface area (Å²) in [6.45, 7) is 9.31.